The lowest BCUT2D eigenvalue weighted by Gasteiger charge is -2.21. The predicted octanol–water partition coefficient (Wildman–Crippen LogP) is 4.89. The normalized spacial score (nSPS) is 13.7. The number of aliphatic hydroxyl groups is 1. The molecule has 3 nitrogen and oxygen atoms in total. The van der Waals surface area contributed by atoms with Gasteiger partial charge in [0.15, 0.2) is 0 Å². The van der Waals surface area contributed by atoms with E-state index in [1.807, 2.05) is 36.4 Å². The Morgan fingerprint density at radius 2 is 1.91 bits per heavy atom. The highest BCUT2D eigenvalue weighted by molar-refractivity contribution is 9.10. The lowest BCUT2D eigenvalue weighted by atomic mass is 10.1. The summed E-state index contributed by atoms with van der Waals surface area (Å²) in [5.41, 5.74) is 0.962. The van der Waals surface area contributed by atoms with Gasteiger partial charge in [-0.3, -0.25) is 4.98 Å². The Labute approximate surface area is 144 Å². The first-order valence-corrected chi connectivity index (χ1v) is 8.35. The molecular weight excluding hydrogens is 354 g/mol. The predicted molar refractivity (Wildman–Crippen MR) is 95.6 cm³/mol. The summed E-state index contributed by atoms with van der Waals surface area (Å²) in [6.07, 6.45) is 3.36. The quantitative estimate of drug-likeness (QED) is 0.694. The summed E-state index contributed by atoms with van der Waals surface area (Å²) in [5.74, 6) is 0.786. The number of halogens is 1. The van der Waals surface area contributed by atoms with Crippen LogP contribution in [0.1, 0.15) is 25.0 Å². The summed E-state index contributed by atoms with van der Waals surface area (Å²) in [5, 5.41) is 12.0. The van der Waals surface area contributed by atoms with Gasteiger partial charge in [0.25, 0.3) is 0 Å². The monoisotopic (exact) mass is 371 g/mol. The van der Waals surface area contributed by atoms with Crippen LogP contribution in [0.3, 0.4) is 0 Å². The first kappa shape index (κ1) is 16.0. The number of aliphatic hydroxyl groups excluding tert-OH is 1. The van der Waals surface area contributed by atoms with Crippen LogP contribution in [0.4, 0.5) is 0 Å². The van der Waals surface area contributed by atoms with E-state index in [1.54, 1.807) is 19.3 Å². The minimum absolute atomic E-state index is 0.225. The SMILES string of the molecule is C[C@@H](O)CC(Oc1ccc2cc(Br)ccc2c1)c1cccnc1. The highest BCUT2D eigenvalue weighted by atomic mass is 79.9. The van der Waals surface area contributed by atoms with Crippen LogP contribution in [0.25, 0.3) is 10.8 Å². The Kier molecular flexibility index (Phi) is 4.94. The molecule has 4 heteroatoms. The van der Waals surface area contributed by atoms with E-state index in [9.17, 15) is 5.11 Å². The van der Waals surface area contributed by atoms with Gasteiger partial charge in [0.1, 0.15) is 11.9 Å². The fraction of sp³-hybridized carbons (Fsp3) is 0.211. The van der Waals surface area contributed by atoms with Gasteiger partial charge in [-0.15, -0.1) is 0 Å². The number of fused-ring (bicyclic) bond motifs is 1. The summed E-state index contributed by atoms with van der Waals surface area (Å²) in [7, 11) is 0. The van der Waals surface area contributed by atoms with Gasteiger partial charge in [-0.1, -0.05) is 34.1 Å². The second kappa shape index (κ2) is 7.11. The fourth-order valence-corrected chi connectivity index (χ4v) is 2.94. The first-order valence-electron chi connectivity index (χ1n) is 7.56. The molecule has 1 N–H and O–H groups in total. The molecule has 0 aliphatic rings. The molecule has 1 unspecified atom stereocenters. The van der Waals surface area contributed by atoms with Crippen LogP contribution in [0.5, 0.6) is 5.75 Å². The first-order chi connectivity index (χ1) is 11.1. The number of hydrogen-bond donors (Lipinski definition) is 1. The van der Waals surface area contributed by atoms with Crippen molar-refractivity contribution >= 4 is 26.7 Å². The maximum atomic E-state index is 9.76. The smallest absolute Gasteiger partial charge is 0.128 e. The topological polar surface area (TPSA) is 42.4 Å². The van der Waals surface area contributed by atoms with E-state index in [2.05, 4.69) is 33.0 Å². The zero-order valence-corrected chi connectivity index (χ0v) is 14.4. The number of nitrogens with zero attached hydrogens (tertiary/aromatic N) is 1. The Hall–Kier alpha value is -1.91. The number of hydrogen-bond acceptors (Lipinski definition) is 3. The van der Waals surface area contributed by atoms with E-state index < -0.39 is 6.10 Å². The molecule has 23 heavy (non-hydrogen) atoms. The highest BCUT2D eigenvalue weighted by Crippen LogP contribution is 2.29. The van der Waals surface area contributed by atoms with Crippen LogP contribution in [-0.4, -0.2) is 16.2 Å². The fourth-order valence-electron chi connectivity index (χ4n) is 2.56. The molecule has 0 aliphatic heterocycles. The molecule has 0 saturated heterocycles. The van der Waals surface area contributed by atoms with Gasteiger partial charge in [0, 0.05) is 28.9 Å². The van der Waals surface area contributed by atoms with Crippen LogP contribution >= 0.6 is 15.9 Å². The van der Waals surface area contributed by atoms with Crippen LogP contribution in [-0.2, 0) is 0 Å². The molecule has 2 atom stereocenters. The summed E-state index contributed by atoms with van der Waals surface area (Å²) in [4.78, 5) is 4.15. The molecule has 0 bridgehead atoms. The van der Waals surface area contributed by atoms with Crippen LogP contribution in [0.15, 0.2) is 65.4 Å². The van der Waals surface area contributed by atoms with Gasteiger partial charge in [0.05, 0.1) is 6.10 Å². The maximum Gasteiger partial charge on any atom is 0.128 e. The molecule has 3 aromatic rings. The summed E-state index contributed by atoms with van der Waals surface area (Å²) in [6.45, 7) is 1.77. The van der Waals surface area contributed by atoms with Crippen LogP contribution in [0, 0.1) is 0 Å². The second-order valence-corrected chi connectivity index (χ2v) is 6.55. The van der Waals surface area contributed by atoms with Crippen molar-refractivity contribution in [2.75, 3.05) is 0 Å². The van der Waals surface area contributed by atoms with Crippen LogP contribution < -0.4 is 4.74 Å². The zero-order chi connectivity index (χ0) is 16.2. The van der Waals surface area contributed by atoms with Crippen molar-refractivity contribution in [2.45, 2.75) is 25.6 Å². The Bertz CT molecular complexity index is 790. The van der Waals surface area contributed by atoms with Crippen molar-refractivity contribution in [1.29, 1.82) is 0 Å². The lowest BCUT2D eigenvalue weighted by Crippen LogP contribution is -2.14. The number of rotatable bonds is 5. The van der Waals surface area contributed by atoms with Crippen molar-refractivity contribution < 1.29 is 9.84 Å². The number of aromatic nitrogens is 1. The third-order valence-corrected chi connectivity index (χ3v) is 4.16. The van der Waals surface area contributed by atoms with Gasteiger partial charge in [-0.2, -0.15) is 0 Å². The van der Waals surface area contributed by atoms with Gasteiger partial charge in [-0.05, 0) is 48.0 Å². The summed E-state index contributed by atoms with van der Waals surface area (Å²) in [6, 6.07) is 16.0. The van der Waals surface area contributed by atoms with E-state index in [-0.39, 0.29) is 6.10 Å². The van der Waals surface area contributed by atoms with Gasteiger partial charge < -0.3 is 9.84 Å². The molecule has 2 aromatic carbocycles. The molecule has 118 valence electrons. The Morgan fingerprint density at radius 3 is 2.65 bits per heavy atom. The molecule has 0 amide bonds. The molecular formula is C19H18BrNO2. The van der Waals surface area contributed by atoms with Gasteiger partial charge >= 0.3 is 0 Å². The number of benzene rings is 2. The minimum Gasteiger partial charge on any atom is -0.486 e. The molecule has 0 saturated carbocycles. The maximum absolute atomic E-state index is 9.76. The van der Waals surface area contributed by atoms with E-state index >= 15 is 0 Å². The van der Waals surface area contributed by atoms with E-state index in [4.69, 9.17) is 4.74 Å². The third kappa shape index (κ3) is 4.09. The third-order valence-electron chi connectivity index (χ3n) is 3.66. The number of pyridine rings is 1. The molecule has 0 aliphatic carbocycles. The van der Waals surface area contributed by atoms with E-state index in [0.717, 1.165) is 26.6 Å². The van der Waals surface area contributed by atoms with E-state index in [1.165, 1.54) is 0 Å². The Morgan fingerprint density at radius 1 is 1.13 bits per heavy atom. The average molecular weight is 372 g/mol. The Balaban J connectivity index is 1.88. The average Bonchev–Trinajstić information content (AvgIpc) is 2.55. The minimum atomic E-state index is -0.448. The molecule has 3 rings (SSSR count). The van der Waals surface area contributed by atoms with Gasteiger partial charge in [-0.25, -0.2) is 0 Å². The lowest BCUT2D eigenvalue weighted by molar-refractivity contribution is 0.106. The van der Waals surface area contributed by atoms with Crippen molar-refractivity contribution in [2.24, 2.45) is 0 Å². The van der Waals surface area contributed by atoms with Crippen molar-refractivity contribution in [3.05, 3.63) is 71.0 Å². The van der Waals surface area contributed by atoms with Crippen molar-refractivity contribution in [3.8, 4) is 5.75 Å². The van der Waals surface area contributed by atoms with E-state index in [0.29, 0.717) is 6.42 Å². The molecule has 0 spiro atoms. The number of ether oxygens (including phenoxy) is 1. The second-order valence-electron chi connectivity index (χ2n) is 5.63. The summed E-state index contributed by atoms with van der Waals surface area (Å²) >= 11 is 3.48. The van der Waals surface area contributed by atoms with Gasteiger partial charge in [0.2, 0.25) is 0 Å². The van der Waals surface area contributed by atoms with Crippen molar-refractivity contribution in [1.82, 2.24) is 4.98 Å². The highest BCUT2D eigenvalue weighted by Gasteiger charge is 2.16. The molecule has 1 aromatic heterocycles. The molecule has 0 fully saturated rings. The standard InChI is InChI=1S/C19H18BrNO2/c1-13(22)9-19(16-3-2-8-21-12-16)23-18-7-5-14-10-17(20)6-4-15(14)11-18/h2-8,10-13,19,22H,9H2,1H3/t13-,19?/m1/s1. The molecule has 0 radical (unpaired) electrons. The largest absolute Gasteiger partial charge is 0.486 e. The zero-order valence-electron chi connectivity index (χ0n) is 12.8. The molecule has 1 heterocycles. The van der Waals surface area contributed by atoms with Crippen LogP contribution in [0.2, 0.25) is 0 Å². The van der Waals surface area contributed by atoms with Crippen molar-refractivity contribution in [3.63, 3.8) is 0 Å². The summed E-state index contributed by atoms with van der Waals surface area (Å²) < 4.78 is 7.19.